The van der Waals surface area contributed by atoms with Gasteiger partial charge in [-0.15, -0.1) is 0 Å². The number of aliphatic hydroxyl groups excluding tert-OH is 1. The summed E-state index contributed by atoms with van der Waals surface area (Å²) in [7, 11) is 0. The first-order valence-corrected chi connectivity index (χ1v) is 4.65. The Morgan fingerprint density at radius 3 is 1.94 bits per heavy atom. The third-order valence-electron chi connectivity index (χ3n) is 2.23. The molecule has 1 rings (SSSR count). The monoisotopic (exact) mass is 251 g/mol. The molecule has 1 aliphatic rings. The van der Waals surface area contributed by atoms with E-state index >= 15 is 0 Å². The van der Waals surface area contributed by atoms with Crippen LogP contribution in [0.4, 0.5) is 26.3 Å². The Bertz CT molecular complexity index is 234. The van der Waals surface area contributed by atoms with Crippen LogP contribution in [0.1, 0.15) is 12.8 Å². The van der Waals surface area contributed by atoms with Crippen LogP contribution in [0.2, 0.25) is 0 Å². The van der Waals surface area contributed by atoms with Crippen LogP contribution in [0.5, 0.6) is 0 Å². The fourth-order valence-electron chi connectivity index (χ4n) is 1.34. The lowest BCUT2D eigenvalue weighted by Crippen LogP contribution is -2.45. The lowest BCUT2D eigenvalue weighted by Gasteiger charge is -2.26. The van der Waals surface area contributed by atoms with Gasteiger partial charge in [0.05, 0.1) is 6.54 Å². The molecule has 0 bridgehead atoms. The predicted molar refractivity (Wildman–Crippen MR) is 42.7 cm³/mol. The minimum Gasteiger partial charge on any atom is -0.382 e. The molecule has 1 N–H and O–H groups in total. The molecule has 1 saturated carbocycles. The molecule has 96 valence electrons. The quantitative estimate of drug-likeness (QED) is 0.772. The highest BCUT2D eigenvalue weighted by atomic mass is 19.4. The third kappa shape index (κ3) is 4.56. The summed E-state index contributed by atoms with van der Waals surface area (Å²) in [6.07, 6.45) is -11.3. The standard InChI is InChI=1S/C8H11F6NO/c9-7(10,11)4-15(5-1-2-5)3-6(16)8(12,13)14/h5-6,16H,1-4H2. The maximum Gasteiger partial charge on any atom is 0.415 e. The first-order valence-electron chi connectivity index (χ1n) is 4.65. The SMILES string of the molecule is OC(CN(CC(F)(F)F)C1CC1)C(F)(F)F. The molecule has 0 amide bonds. The molecular formula is C8H11F6NO. The van der Waals surface area contributed by atoms with Crippen LogP contribution in [0, 0.1) is 0 Å². The van der Waals surface area contributed by atoms with Crippen LogP contribution in [0.15, 0.2) is 0 Å². The van der Waals surface area contributed by atoms with Crippen molar-refractivity contribution in [2.75, 3.05) is 13.1 Å². The molecule has 0 aromatic rings. The summed E-state index contributed by atoms with van der Waals surface area (Å²) in [6, 6.07) is -0.487. The third-order valence-corrected chi connectivity index (χ3v) is 2.23. The van der Waals surface area contributed by atoms with Crippen molar-refractivity contribution in [1.82, 2.24) is 4.90 Å². The summed E-state index contributed by atoms with van der Waals surface area (Å²) in [6.45, 7) is -2.43. The largest absolute Gasteiger partial charge is 0.415 e. The van der Waals surface area contributed by atoms with E-state index in [1.807, 2.05) is 0 Å². The summed E-state index contributed by atoms with van der Waals surface area (Å²) in [5.74, 6) is 0. The van der Waals surface area contributed by atoms with Crippen molar-refractivity contribution in [2.24, 2.45) is 0 Å². The van der Waals surface area contributed by atoms with Crippen molar-refractivity contribution < 1.29 is 31.4 Å². The number of alkyl halides is 6. The molecule has 1 aliphatic carbocycles. The van der Waals surface area contributed by atoms with Gasteiger partial charge >= 0.3 is 12.4 Å². The summed E-state index contributed by atoms with van der Waals surface area (Å²) in [5, 5.41) is 8.70. The summed E-state index contributed by atoms with van der Waals surface area (Å²) in [4.78, 5) is 0.637. The maximum absolute atomic E-state index is 12.0. The van der Waals surface area contributed by atoms with Gasteiger partial charge in [0.15, 0.2) is 6.10 Å². The van der Waals surface area contributed by atoms with Crippen LogP contribution in [-0.2, 0) is 0 Å². The van der Waals surface area contributed by atoms with E-state index < -0.39 is 37.6 Å². The second-order valence-corrected chi connectivity index (χ2v) is 3.83. The van der Waals surface area contributed by atoms with Crippen LogP contribution in [0.25, 0.3) is 0 Å². The lowest BCUT2D eigenvalue weighted by atomic mass is 10.3. The number of hydrogen-bond acceptors (Lipinski definition) is 2. The van der Waals surface area contributed by atoms with Crippen molar-refractivity contribution >= 4 is 0 Å². The summed E-state index contributed by atoms with van der Waals surface area (Å²) >= 11 is 0. The second kappa shape index (κ2) is 4.40. The Morgan fingerprint density at radius 2 is 1.62 bits per heavy atom. The number of nitrogens with zero attached hydrogens (tertiary/aromatic N) is 1. The highest BCUT2D eigenvalue weighted by Crippen LogP contribution is 2.31. The van der Waals surface area contributed by atoms with Crippen molar-refractivity contribution in [3.63, 3.8) is 0 Å². The fraction of sp³-hybridized carbons (Fsp3) is 1.00. The molecule has 1 unspecified atom stereocenters. The van der Waals surface area contributed by atoms with Crippen molar-refractivity contribution in [3.8, 4) is 0 Å². The molecule has 1 atom stereocenters. The van der Waals surface area contributed by atoms with Gasteiger partial charge in [-0.1, -0.05) is 0 Å². The molecule has 8 heteroatoms. The Kier molecular flexibility index (Phi) is 3.73. The van der Waals surface area contributed by atoms with E-state index in [1.54, 1.807) is 0 Å². The number of aliphatic hydroxyl groups is 1. The molecule has 16 heavy (non-hydrogen) atoms. The van der Waals surface area contributed by atoms with Gasteiger partial charge in [0.1, 0.15) is 0 Å². The van der Waals surface area contributed by atoms with E-state index in [1.165, 1.54) is 0 Å². The summed E-state index contributed by atoms with van der Waals surface area (Å²) < 4.78 is 72.0. The smallest absolute Gasteiger partial charge is 0.382 e. The summed E-state index contributed by atoms with van der Waals surface area (Å²) in [5.41, 5.74) is 0. The molecule has 0 aliphatic heterocycles. The highest BCUT2D eigenvalue weighted by Gasteiger charge is 2.44. The Balaban J connectivity index is 2.52. The van der Waals surface area contributed by atoms with Crippen LogP contribution < -0.4 is 0 Å². The second-order valence-electron chi connectivity index (χ2n) is 3.83. The maximum atomic E-state index is 12.0. The van der Waals surface area contributed by atoms with Crippen molar-refractivity contribution in [2.45, 2.75) is 37.3 Å². The first kappa shape index (κ1) is 13.6. The van der Waals surface area contributed by atoms with Gasteiger partial charge in [-0.25, -0.2) is 0 Å². The van der Waals surface area contributed by atoms with Gasteiger partial charge in [0, 0.05) is 12.6 Å². The van der Waals surface area contributed by atoms with Gasteiger partial charge in [0.25, 0.3) is 0 Å². The van der Waals surface area contributed by atoms with Crippen molar-refractivity contribution in [3.05, 3.63) is 0 Å². The van der Waals surface area contributed by atoms with Crippen LogP contribution >= 0.6 is 0 Å². The molecule has 1 fully saturated rings. The Hall–Kier alpha value is -0.500. The molecular weight excluding hydrogens is 240 g/mol. The van der Waals surface area contributed by atoms with Gasteiger partial charge in [-0.3, -0.25) is 4.90 Å². The number of rotatable bonds is 4. The molecule has 0 radical (unpaired) electrons. The van der Waals surface area contributed by atoms with E-state index in [0.717, 1.165) is 0 Å². The van der Waals surface area contributed by atoms with Gasteiger partial charge in [-0.2, -0.15) is 26.3 Å². The van der Waals surface area contributed by atoms with Gasteiger partial charge in [0.2, 0.25) is 0 Å². The minimum absolute atomic E-state index is 0.445. The zero-order chi connectivity index (χ0) is 12.6. The van der Waals surface area contributed by atoms with E-state index in [4.69, 9.17) is 5.11 Å². The zero-order valence-electron chi connectivity index (χ0n) is 8.15. The average molecular weight is 251 g/mol. The molecule has 0 aromatic carbocycles. The predicted octanol–water partition coefficient (Wildman–Crippen LogP) is 1.94. The van der Waals surface area contributed by atoms with Crippen LogP contribution in [0.3, 0.4) is 0 Å². The number of halogens is 6. The zero-order valence-corrected chi connectivity index (χ0v) is 8.15. The van der Waals surface area contributed by atoms with E-state index in [0.29, 0.717) is 17.7 Å². The number of hydrogen-bond donors (Lipinski definition) is 1. The lowest BCUT2D eigenvalue weighted by molar-refractivity contribution is -0.215. The van der Waals surface area contributed by atoms with E-state index in [-0.39, 0.29) is 0 Å². The molecule has 2 nitrogen and oxygen atoms in total. The molecule has 0 heterocycles. The molecule has 0 aromatic heterocycles. The average Bonchev–Trinajstić information content (AvgIpc) is 2.79. The molecule has 0 spiro atoms. The van der Waals surface area contributed by atoms with Crippen LogP contribution in [-0.4, -0.2) is 47.6 Å². The normalized spacial score (nSPS) is 20.2. The topological polar surface area (TPSA) is 23.5 Å². The first-order chi connectivity index (χ1) is 7.09. The molecule has 0 saturated heterocycles. The van der Waals surface area contributed by atoms with E-state index in [9.17, 15) is 26.3 Å². The van der Waals surface area contributed by atoms with Crippen molar-refractivity contribution in [1.29, 1.82) is 0 Å². The van der Waals surface area contributed by atoms with E-state index in [2.05, 4.69) is 0 Å². The highest BCUT2D eigenvalue weighted by molar-refractivity contribution is 4.87. The minimum atomic E-state index is -4.88. The van der Waals surface area contributed by atoms with Gasteiger partial charge < -0.3 is 5.11 Å². The Morgan fingerprint density at radius 1 is 1.12 bits per heavy atom. The van der Waals surface area contributed by atoms with Gasteiger partial charge in [-0.05, 0) is 12.8 Å². The Labute approximate surface area is 87.8 Å². The fourth-order valence-corrected chi connectivity index (χ4v) is 1.34.